The van der Waals surface area contributed by atoms with E-state index in [0.29, 0.717) is 0 Å². The number of aliphatic hydroxyl groups excluding tert-OH is 1. The molecule has 0 aromatic heterocycles. The van der Waals surface area contributed by atoms with Gasteiger partial charge in [0.2, 0.25) is 5.91 Å². The molecule has 200 valence electrons. The molecule has 0 unspecified atom stereocenters. The highest BCUT2D eigenvalue weighted by atomic mass is 79.9. The fourth-order valence-corrected chi connectivity index (χ4v) is 5.56. The van der Waals surface area contributed by atoms with Gasteiger partial charge in [-0.15, -0.1) is 0 Å². The molecule has 1 heterocycles. The van der Waals surface area contributed by atoms with Crippen molar-refractivity contribution in [2.24, 2.45) is 0 Å². The maximum absolute atomic E-state index is 13.4. The van der Waals surface area contributed by atoms with Crippen molar-refractivity contribution in [2.45, 2.75) is 68.3 Å². The number of imide groups is 1. The standard InChI is InChI=1S/C32H36BrNO4/c33-29(31(36)34-28(23-38-32(34)37)26-20-11-6-12-21-26)30(35)27-22-14-13-19-25(27)18-10-4-2-1-3-7-15-24-16-8-5-9-17-24/h5-6,8-9,11-14,16-17,19-22,28-30,35H,1-4,7,10,15,18,23H2/t28-,29-,30+/m0/s1. The lowest BCUT2D eigenvalue weighted by atomic mass is 9.95. The van der Waals surface area contributed by atoms with Gasteiger partial charge in [0.15, 0.2) is 0 Å². The molecule has 6 heteroatoms. The topological polar surface area (TPSA) is 66.8 Å². The Balaban J connectivity index is 1.27. The number of hydrogen-bond donors (Lipinski definition) is 1. The highest BCUT2D eigenvalue weighted by Crippen LogP contribution is 2.33. The van der Waals surface area contributed by atoms with Crippen molar-refractivity contribution in [1.29, 1.82) is 0 Å². The number of cyclic esters (lactones) is 1. The van der Waals surface area contributed by atoms with Gasteiger partial charge in [-0.1, -0.05) is 127 Å². The van der Waals surface area contributed by atoms with Crippen LogP contribution in [0, 0.1) is 0 Å². The van der Waals surface area contributed by atoms with Gasteiger partial charge in [-0.05, 0) is 47.9 Å². The summed E-state index contributed by atoms with van der Waals surface area (Å²) >= 11 is 3.40. The van der Waals surface area contributed by atoms with Gasteiger partial charge in [0.1, 0.15) is 23.6 Å². The average Bonchev–Trinajstić information content (AvgIpc) is 3.35. The van der Waals surface area contributed by atoms with Crippen LogP contribution in [0.4, 0.5) is 4.79 Å². The van der Waals surface area contributed by atoms with Crippen LogP contribution in [0.25, 0.3) is 0 Å². The number of amides is 2. The Hall–Kier alpha value is -2.96. The Kier molecular flexibility index (Phi) is 10.5. The predicted molar refractivity (Wildman–Crippen MR) is 153 cm³/mol. The second-order valence-electron chi connectivity index (χ2n) is 9.86. The van der Waals surface area contributed by atoms with E-state index in [2.05, 4.69) is 46.3 Å². The number of aliphatic hydroxyl groups is 1. The molecule has 0 bridgehead atoms. The van der Waals surface area contributed by atoms with E-state index in [9.17, 15) is 14.7 Å². The van der Waals surface area contributed by atoms with Crippen molar-refractivity contribution in [2.75, 3.05) is 6.61 Å². The summed E-state index contributed by atoms with van der Waals surface area (Å²) in [5.41, 5.74) is 3.98. The maximum Gasteiger partial charge on any atom is 0.417 e. The number of ether oxygens (including phenoxy) is 1. The number of halogens is 1. The summed E-state index contributed by atoms with van der Waals surface area (Å²) < 4.78 is 5.20. The van der Waals surface area contributed by atoms with E-state index in [0.717, 1.165) is 47.3 Å². The SMILES string of the molecule is O=C1OC[C@@H](c2ccccc2)N1C(=O)[C@@H](Br)[C@H](O)c1ccccc1CCCCCCCCc1ccccc1. The third kappa shape index (κ3) is 7.33. The van der Waals surface area contributed by atoms with E-state index >= 15 is 0 Å². The van der Waals surface area contributed by atoms with Gasteiger partial charge in [0.05, 0.1) is 0 Å². The van der Waals surface area contributed by atoms with Gasteiger partial charge in [-0.3, -0.25) is 4.79 Å². The quantitative estimate of drug-likeness (QED) is 0.170. The molecule has 1 aliphatic rings. The van der Waals surface area contributed by atoms with Crippen molar-refractivity contribution >= 4 is 27.9 Å². The van der Waals surface area contributed by atoms with Crippen LogP contribution in [0.2, 0.25) is 0 Å². The minimum Gasteiger partial charge on any atom is -0.446 e. The number of hydrogen-bond acceptors (Lipinski definition) is 4. The fourth-order valence-electron chi connectivity index (χ4n) is 5.06. The van der Waals surface area contributed by atoms with E-state index in [4.69, 9.17) is 4.74 Å². The zero-order valence-electron chi connectivity index (χ0n) is 21.7. The first kappa shape index (κ1) is 28.1. The Morgan fingerprint density at radius 1 is 0.842 bits per heavy atom. The van der Waals surface area contributed by atoms with Crippen LogP contribution < -0.4 is 0 Å². The number of unbranched alkanes of at least 4 members (excludes halogenated alkanes) is 5. The Labute approximate surface area is 234 Å². The van der Waals surface area contributed by atoms with E-state index in [-0.39, 0.29) is 6.61 Å². The van der Waals surface area contributed by atoms with Gasteiger partial charge in [-0.25, -0.2) is 9.69 Å². The van der Waals surface area contributed by atoms with Gasteiger partial charge in [0, 0.05) is 0 Å². The molecule has 0 saturated carbocycles. The number of rotatable bonds is 13. The van der Waals surface area contributed by atoms with Crippen molar-refractivity contribution in [3.8, 4) is 0 Å². The number of nitrogens with zero attached hydrogens (tertiary/aromatic N) is 1. The molecular formula is C32H36BrNO4. The summed E-state index contributed by atoms with van der Waals surface area (Å²) in [6, 6.07) is 27.2. The molecule has 38 heavy (non-hydrogen) atoms. The number of aryl methyl sites for hydroxylation is 2. The van der Waals surface area contributed by atoms with Crippen LogP contribution in [0.1, 0.15) is 72.9 Å². The lowest BCUT2D eigenvalue weighted by Crippen LogP contribution is -2.41. The lowest BCUT2D eigenvalue weighted by Gasteiger charge is -2.26. The molecule has 3 aromatic carbocycles. The zero-order valence-corrected chi connectivity index (χ0v) is 23.3. The van der Waals surface area contributed by atoms with Crippen molar-refractivity contribution < 1.29 is 19.4 Å². The molecule has 1 fully saturated rings. The molecule has 1 aliphatic heterocycles. The van der Waals surface area contributed by atoms with E-state index in [1.165, 1.54) is 31.2 Å². The fraction of sp³-hybridized carbons (Fsp3) is 0.375. The summed E-state index contributed by atoms with van der Waals surface area (Å²) in [4.78, 5) is 26.0. The van der Waals surface area contributed by atoms with E-state index in [1.807, 2.05) is 54.6 Å². The van der Waals surface area contributed by atoms with E-state index < -0.39 is 29.0 Å². The van der Waals surface area contributed by atoms with E-state index in [1.54, 1.807) is 0 Å². The molecule has 3 atom stereocenters. The van der Waals surface area contributed by atoms with Crippen molar-refractivity contribution in [1.82, 2.24) is 4.90 Å². The molecular weight excluding hydrogens is 542 g/mol. The van der Waals surface area contributed by atoms with Crippen molar-refractivity contribution in [3.63, 3.8) is 0 Å². The molecule has 1 N–H and O–H groups in total. The zero-order chi connectivity index (χ0) is 26.7. The first-order chi connectivity index (χ1) is 18.6. The third-order valence-corrected chi connectivity index (χ3v) is 8.08. The first-order valence-electron chi connectivity index (χ1n) is 13.5. The summed E-state index contributed by atoms with van der Waals surface area (Å²) in [6.45, 7) is 0.104. The van der Waals surface area contributed by atoms with Crippen molar-refractivity contribution in [3.05, 3.63) is 107 Å². The highest BCUT2D eigenvalue weighted by Gasteiger charge is 2.43. The summed E-state index contributed by atoms with van der Waals surface area (Å²) in [5.74, 6) is -0.501. The lowest BCUT2D eigenvalue weighted by molar-refractivity contribution is -0.130. The second kappa shape index (κ2) is 14.3. The molecule has 4 rings (SSSR count). The van der Waals surface area contributed by atoms with Gasteiger partial charge in [0.25, 0.3) is 0 Å². The van der Waals surface area contributed by atoms with Crippen LogP contribution in [-0.2, 0) is 22.4 Å². The minimum absolute atomic E-state index is 0.104. The second-order valence-corrected chi connectivity index (χ2v) is 10.9. The Morgan fingerprint density at radius 2 is 1.42 bits per heavy atom. The highest BCUT2D eigenvalue weighted by molar-refractivity contribution is 9.10. The Morgan fingerprint density at radius 3 is 2.13 bits per heavy atom. The molecule has 0 spiro atoms. The molecule has 3 aromatic rings. The van der Waals surface area contributed by atoms with Crippen LogP contribution in [-0.4, -0.2) is 33.4 Å². The van der Waals surface area contributed by atoms with Gasteiger partial charge < -0.3 is 9.84 Å². The molecule has 5 nitrogen and oxygen atoms in total. The smallest absolute Gasteiger partial charge is 0.417 e. The van der Waals surface area contributed by atoms with Crippen LogP contribution >= 0.6 is 15.9 Å². The monoisotopic (exact) mass is 577 g/mol. The summed E-state index contributed by atoms with van der Waals surface area (Å²) in [5, 5.41) is 11.2. The third-order valence-electron chi connectivity index (χ3n) is 7.19. The predicted octanol–water partition coefficient (Wildman–Crippen LogP) is 7.33. The Bertz CT molecular complexity index is 1170. The summed E-state index contributed by atoms with van der Waals surface area (Å²) in [6.07, 6.45) is 7.24. The number of carbonyl (C=O) groups excluding carboxylic acids is 2. The molecule has 0 radical (unpaired) electrons. The molecule has 1 saturated heterocycles. The van der Waals surface area contributed by atoms with Gasteiger partial charge in [-0.2, -0.15) is 0 Å². The van der Waals surface area contributed by atoms with Gasteiger partial charge >= 0.3 is 6.09 Å². The molecule has 2 amide bonds. The maximum atomic E-state index is 13.4. The first-order valence-corrected chi connectivity index (χ1v) is 14.5. The van der Waals surface area contributed by atoms with Crippen LogP contribution in [0.5, 0.6) is 0 Å². The number of carbonyl (C=O) groups is 2. The van der Waals surface area contributed by atoms with Crippen LogP contribution in [0.15, 0.2) is 84.9 Å². The largest absolute Gasteiger partial charge is 0.446 e. The number of alkyl halides is 1. The minimum atomic E-state index is -1.08. The average molecular weight is 579 g/mol. The molecule has 0 aliphatic carbocycles. The summed E-state index contributed by atoms with van der Waals surface area (Å²) in [7, 11) is 0. The number of benzene rings is 3. The normalized spacial score (nSPS) is 16.7. The van der Waals surface area contributed by atoms with Crippen LogP contribution in [0.3, 0.4) is 0 Å².